The molecular formula is C70H69NP2Si. The average molecular weight is 1010 g/mol. The lowest BCUT2D eigenvalue weighted by Gasteiger charge is -2.42. The number of benzene rings is 10. The van der Waals surface area contributed by atoms with Gasteiger partial charge in [0.15, 0.2) is 0 Å². The van der Waals surface area contributed by atoms with Crippen LogP contribution in [0.2, 0.25) is 18.1 Å². The molecule has 368 valence electrons. The SMILES string of the molecule is CCCC[Si](CCCC)(CCCC)c1ccc(N(P(c2ccc(-c3ccccc3)cc2)c2ccc(-c3ccccc3)cc2)P(c2ccc(-c3ccccc3)cc2)c2ccc(-c3ccccc3)cc2)c2ccccc12. The summed E-state index contributed by atoms with van der Waals surface area (Å²) in [5, 5.41) is 9.82. The summed E-state index contributed by atoms with van der Waals surface area (Å²) in [7, 11) is -4.35. The summed E-state index contributed by atoms with van der Waals surface area (Å²) >= 11 is 0. The molecule has 0 unspecified atom stereocenters. The van der Waals surface area contributed by atoms with E-state index in [-0.39, 0.29) is 0 Å². The van der Waals surface area contributed by atoms with Crippen LogP contribution in [-0.2, 0) is 0 Å². The zero-order valence-corrected chi connectivity index (χ0v) is 46.2. The van der Waals surface area contributed by atoms with Gasteiger partial charge in [0.2, 0.25) is 0 Å². The molecule has 10 rings (SSSR count). The highest BCUT2D eigenvalue weighted by Gasteiger charge is 2.38. The summed E-state index contributed by atoms with van der Waals surface area (Å²) < 4.78 is 2.94. The quantitative estimate of drug-likeness (QED) is 0.0512. The maximum Gasteiger partial charge on any atom is 0.0875 e. The highest BCUT2D eigenvalue weighted by atomic mass is 31.2. The summed E-state index contributed by atoms with van der Waals surface area (Å²) in [5.41, 5.74) is 11.2. The van der Waals surface area contributed by atoms with Crippen LogP contribution < -0.4 is 30.8 Å². The Hall–Kier alpha value is -6.66. The van der Waals surface area contributed by atoms with Gasteiger partial charge in [0, 0.05) is 26.6 Å². The topological polar surface area (TPSA) is 3.24 Å². The van der Waals surface area contributed by atoms with Crippen molar-refractivity contribution < 1.29 is 0 Å². The molecule has 74 heavy (non-hydrogen) atoms. The highest BCUT2D eigenvalue weighted by Crippen LogP contribution is 2.59. The maximum atomic E-state index is 2.94. The molecular weight excluding hydrogens is 945 g/mol. The van der Waals surface area contributed by atoms with Crippen molar-refractivity contribution in [3.8, 4) is 44.5 Å². The predicted molar refractivity (Wildman–Crippen MR) is 331 cm³/mol. The van der Waals surface area contributed by atoms with Crippen LogP contribution in [0.1, 0.15) is 59.3 Å². The molecule has 0 spiro atoms. The van der Waals surface area contributed by atoms with E-state index in [0.717, 1.165) is 0 Å². The second-order valence-electron chi connectivity index (χ2n) is 19.8. The second kappa shape index (κ2) is 24.6. The predicted octanol–water partition coefficient (Wildman–Crippen LogP) is 18.5. The Kier molecular flexibility index (Phi) is 16.9. The van der Waals surface area contributed by atoms with E-state index in [0.29, 0.717) is 0 Å². The molecule has 0 saturated carbocycles. The van der Waals surface area contributed by atoms with Crippen molar-refractivity contribution in [2.75, 3.05) is 4.44 Å². The third-order valence-corrected chi connectivity index (χ3v) is 25.9. The van der Waals surface area contributed by atoms with Gasteiger partial charge in [-0.3, -0.25) is 0 Å². The van der Waals surface area contributed by atoms with Gasteiger partial charge in [0.25, 0.3) is 0 Å². The molecule has 0 amide bonds. The minimum absolute atomic E-state index is 1.21. The fourth-order valence-corrected chi connectivity index (χ4v) is 22.8. The zero-order chi connectivity index (χ0) is 50.5. The fraction of sp³-hybridized carbons (Fsp3) is 0.171. The first kappa shape index (κ1) is 50.9. The maximum absolute atomic E-state index is 2.94. The van der Waals surface area contributed by atoms with Crippen LogP contribution in [0.25, 0.3) is 55.3 Å². The van der Waals surface area contributed by atoms with E-state index in [1.54, 1.807) is 5.19 Å². The highest BCUT2D eigenvalue weighted by molar-refractivity contribution is 7.90. The number of rotatable bonds is 21. The Morgan fingerprint density at radius 1 is 0.284 bits per heavy atom. The van der Waals surface area contributed by atoms with Crippen molar-refractivity contribution in [3.63, 3.8) is 0 Å². The molecule has 0 aromatic heterocycles. The van der Waals surface area contributed by atoms with E-state index in [1.807, 2.05) is 0 Å². The first-order valence-electron chi connectivity index (χ1n) is 27.1. The van der Waals surface area contributed by atoms with Crippen LogP contribution in [0.5, 0.6) is 0 Å². The van der Waals surface area contributed by atoms with E-state index >= 15 is 0 Å². The Balaban J connectivity index is 1.26. The largest absolute Gasteiger partial charge is 0.312 e. The van der Waals surface area contributed by atoms with E-state index in [9.17, 15) is 0 Å². The Morgan fingerprint density at radius 3 is 0.851 bits per heavy atom. The molecule has 0 aliphatic carbocycles. The first-order valence-corrected chi connectivity index (χ1v) is 32.3. The van der Waals surface area contributed by atoms with Gasteiger partial charge in [-0.1, -0.05) is 331 Å². The lowest BCUT2D eigenvalue weighted by molar-refractivity contribution is 0.801. The van der Waals surface area contributed by atoms with Crippen LogP contribution in [0.4, 0.5) is 5.69 Å². The van der Waals surface area contributed by atoms with Crippen LogP contribution in [0.15, 0.2) is 255 Å². The molecule has 10 aromatic carbocycles. The third kappa shape index (κ3) is 11.4. The summed E-state index contributed by atoms with van der Waals surface area (Å²) in [6.45, 7) is 7.17. The fourth-order valence-electron chi connectivity index (χ4n) is 11.0. The van der Waals surface area contributed by atoms with Crippen molar-refractivity contribution in [1.82, 2.24) is 0 Å². The molecule has 0 fully saturated rings. The van der Waals surface area contributed by atoms with Gasteiger partial charge in [0.1, 0.15) is 0 Å². The van der Waals surface area contributed by atoms with E-state index in [4.69, 9.17) is 0 Å². The molecule has 10 aromatic rings. The smallest absolute Gasteiger partial charge is 0.0875 e. The molecule has 0 bridgehead atoms. The van der Waals surface area contributed by atoms with Gasteiger partial charge in [-0.05, 0) is 56.0 Å². The number of hydrogen-bond donors (Lipinski definition) is 0. The Labute approximate surface area is 445 Å². The number of anilines is 1. The van der Waals surface area contributed by atoms with Gasteiger partial charge >= 0.3 is 0 Å². The van der Waals surface area contributed by atoms with E-state index in [2.05, 4.69) is 280 Å². The van der Waals surface area contributed by atoms with E-state index < -0.39 is 24.2 Å². The van der Waals surface area contributed by atoms with Crippen LogP contribution in [-0.4, -0.2) is 8.07 Å². The molecule has 0 saturated heterocycles. The lowest BCUT2D eigenvalue weighted by Crippen LogP contribution is -2.48. The van der Waals surface area contributed by atoms with Crippen molar-refractivity contribution >= 4 is 67.1 Å². The van der Waals surface area contributed by atoms with Gasteiger partial charge < -0.3 is 4.44 Å². The molecule has 4 heteroatoms. The number of unbranched alkanes of at least 4 members (excludes halogenated alkanes) is 3. The average Bonchev–Trinajstić information content (AvgIpc) is 3.48. The summed E-state index contributed by atoms with van der Waals surface area (Å²) in [5.74, 6) is 0. The lowest BCUT2D eigenvalue weighted by atomic mass is 10.1. The van der Waals surface area contributed by atoms with Crippen molar-refractivity contribution in [2.24, 2.45) is 0 Å². The Morgan fingerprint density at radius 2 is 0.554 bits per heavy atom. The van der Waals surface area contributed by atoms with Crippen LogP contribution >= 0.6 is 16.1 Å². The van der Waals surface area contributed by atoms with Gasteiger partial charge in [0.05, 0.1) is 29.9 Å². The summed E-state index contributed by atoms with van der Waals surface area (Å²) in [4.78, 5) is 0. The zero-order valence-electron chi connectivity index (χ0n) is 43.5. The van der Waals surface area contributed by atoms with Crippen molar-refractivity contribution in [3.05, 3.63) is 255 Å². The minimum Gasteiger partial charge on any atom is -0.312 e. The van der Waals surface area contributed by atoms with Crippen LogP contribution in [0.3, 0.4) is 0 Å². The van der Waals surface area contributed by atoms with E-state index in [1.165, 1.54) is 139 Å². The van der Waals surface area contributed by atoms with Gasteiger partial charge in [-0.25, -0.2) is 0 Å². The van der Waals surface area contributed by atoms with Crippen LogP contribution in [0, 0.1) is 0 Å². The molecule has 0 heterocycles. The summed E-state index contributed by atoms with van der Waals surface area (Å²) in [6, 6.07) is 101. The second-order valence-corrected chi connectivity index (χ2v) is 28.9. The van der Waals surface area contributed by atoms with Crippen molar-refractivity contribution in [1.29, 1.82) is 0 Å². The number of nitrogens with zero attached hydrogens (tertiary/aromatic N) is 1. The summed E-state index contributed by atoms with van der Waals surface area (Å²) in [6.07, 6.45) is 7.62. The third-order valence-electron chi connectivity index (χ3n) is 15.0. The molecule has 0 aliphatic heterocycles. The first-order chi connectivity index (χ1) is 36.6. The Bertz CT molecular complexity index is 2950. The van der Waals surface area contributed by atoms with Gasteiger partial charge in [-0.2, -0.15) is 0 Å². The molecule has 0 radical (unpaired) electrons. The molecule has 0 atom stereocenters. The molecule has 0 N–H and O–H groups in total. The van der Waals surface area contributed by atoms with Gasteiger partial charge in [-0.15, -0.1) is 0 Å². The monoisotopic (exact) mass is 1010 g/mol. The minimum atomic E-state index is -1.93. The standard InChI is InChI=1S/C70H69NP2Si/c1-4-7-52-74(53-8-5-2,54-9-6-3)70-51-50-69(67-32-22-23-33-68(67)70)71(72(63-42-34-59(35-43-63)55-24-14-10-15-25-55)64-44-36-60(37-45-64)56-26-16-11-17-27-56)73(65-46-38-61(39-47-65)57-28-18-12-19-29-57)66-48-40-62(41-49-66)58-30-20-13-21-31-58/h10-51H,4-9,52-54H2,1-3H3. The number of fused-ring (bicyclic) bond motifs is 1. The molecule has 0 aliphatic rings. The van der Waals surface area contributed by atoms with Crippen molar-refractivity contribution in [2.45, 2.75) is 77.4 Å². The molecule has 1 nitrogen and oxygen atoms in total. The number of hydrogen-bond acceptors (Lipinski definition) is 1. The normalized spacial score (nSPS) is 11.6.